The SMILES string of the molecule is Cc1cc(OC=O)cc2[nH]c(NC#N)nc12. The van der Waals surface area contributed by atoms with Crippen LogP contribution in [0.2, 0.25) is 0 Å². The quantitative estimate of drug-likeness (QED) is 0.458. The monoisotopic (exact) mass is 216 g/mol. The number of nitrogens with zero attached hydrogens (tertiary/aromatic N) is 2. The van der Waals surface area contributed by atoms with Crippen LogP contribution in [0.25, 0.3) is 11.0 Å². The molecule has 0 amide bonds. The third-order valence-electron chi connectivity index (χ3n) is 2.11. The van der Waals surface area contributed by atoms with E-state index in [2.05, 4.69) is 15.3 Å². The highest BCUT2D eigenvalue weighted by atomic mass is 16.5. The summed E-state index contributed by atoms with van der Waals surface area (Å²) in [4.78, 5) is 17.3. The number of nitriles is 1. The largest absolute Gasteiger partial charge is 0.429 e. The standard InChI is InChI=1S/C10H8N4O2/c1-6-2-7(16-5-15)3-8-9(6)14-10(13-8)12-4-11/h2-3,5H,1H3,(H2,12,13,14). The number of ether oxygens (including phenoxy) is 1. The molecule has 2 N–H and O–H groups in total. The molecule has 6 heteroatoms. The zero-order valence-electron chi connectivity index (χ0n) is 8.44. The molecular weight excluding hydrogens is 208 g/mol. The first-order valence-electron chi connectivity index (χ1n) is 4.50. The predicted molar refractivity (Wildman–Crippen MR) is 56.8 cm³/mol. The number of aromatic amines is 1. The number of rotatable bonds is 3. The number of nitrogens with one attached hydrogen (secondary N) is 2. The molecule has 80 valence electrons. The number of hydrogen-bond donors (Lipinski definition) is 2. The average Bonchev–Trinajstić information content (AvgIpc) is 2.62. The van der Waals surface area contributed by atoms with Gasteiger partial charge in [-0.1, -0.05) is 0 Å². The highest BCUT2D eigenvalue weighted by Gasteiger charge is 2.07. The number of H-pyrrole nitrogens is 1. The van der Waals surface area contributed by atoms with Crippen molar-refractivity contribution in [3.63, 3.8) is 0 Å². The zero-order chi connectivity index (χ0) is 11.5. The van der Waals surface area contributed by atoms with Crippen LogP contribution < -0.4 is 10.1 Å². The molecule has 0 aliphatic rings. The van der Waals surface area contributed by atoms with E-state index < -0.39 is 0 Å². The van der Waals surface area contributed by atoms with E-state index in [0.29, 0.717) is 23.7 Å². The van der Waals surface area contributed by atoms with Gasteiger partial charge in [0, 0.05) is 6.07 Å². The summed E-state index contributed by atoms with van der Waals surface area (Å²) >= 11 is 0. The molecule has 0 aliphatic heterocycles. The smallest absolute Gasteiger partial charge is 0.298 e. The summed E-state index contributed by atoms with van der Waals surface area (Å²) in [5.74, 6) is 0.802. The van der Waals surface area contributed by atoms with Crippen molar-refractivity contribution in [1.82, 2.24) is 9.97 Å². The van der Waals surface area contributed by atoms with Gasteiger partial charge in [-0.3, -0.25) is 10.1 Å². The Kier molecular flexibility index (Phi) is 2.44. The van der Waals surface area contributed by atoms with Crippen LogP contribution in [-0.4, -0.2) is 16.4 Å². The predicted octanol–water partition coefficient (Wildman–Crippen LogP) is 1.30. The number of carbonyl (C=O) groups is 1. The van der Waals surface area contributed by atoms with Crippen molar-refractivity contribution in [2.75, 3.05) is 5.32 Å². The second-order valence-electron chi connectivity index (χ2n) is 3.17. The van der Waals surface area contributed by atoms with Gasteiger partial charge in [-0.25, -0.2) is 4.98 Å². The Morgan fingerprint density at radius 1 is 1.62 bits per heavy atom. The van der Waals surface area contributed by atoms with Gasteiger partial charge in [0.15, 0.2) is 6.19 Å². The maximum absolute atomic E-state index is 10.2. The van der Waals surface area contributed by atoms with E-state index in [1.807, 2.05) is 6.92 Å². The summed E-state index contributed by atoms with van der Waals surface area (Å²) in [5.41, 5.74) is 2.29. The topological polar surface area (TPSA) is 90.8 Å². The molecule has 0 unspecified atom stereocenters. The van der Waals surface area contributed by atoms with Crippen molar-refractivity contribution < 1.29 is 9.53 Å². The van der Waals surface area contributed by atoms with Gasteiger partial charge in [0.1, 0.15) is 5.75 Å². The Balaban J connectivity index is 2.54. The van der Waals surface area contributed by atoms with E-state index in [0.717, 1.165) is 11.1 Å². The molecule has 0 saturated carbocycles. The van der Waals surface area contributed by atoms with E-state index >= 15 is 0 Å². The van der Waals surface area contributed by atoms with E-state index in [9.17, 15) is 4.79 Å². The number of fused-ring (bicyclic) bond motifs is 1. The van der Waals surface area contributed by atoms with Crippen LogP contribution in [0.5, 0.6) is 5.75 Å². The Labute approximate surface area is 90.9 Å². The lowest BCUT2D eigenvalue weighted by atomic mass is 10.2. The molecular formula is C10H8N4O2. The molecule has 2 rings (SSSR count). The summed E-state index contributed by atoms with van der Waals surface area (Å²) in [5, 5.41) is 10.9. The van der Waals surface area contributed by atoms with Crippen molar-refractivity contribution in [1.29, 1.82) is 5.26 Å². The summed E-state index contributed by atoms with van der Waals surface area (Å²) in [7, 11) is 0. The number of hydrogen-bond acceptors (Lipinski definition) is 5. The lowest BCUT2D eigenvalue weighted by Crippen LogP contribution is -1.89. The fourth-order valence-electron chi connectivity index (χ4n) is 1.49. The minimum absolute atomic E-state index is 0.365. The van der Waals surface area contributed by atoms with Crippen LogP contribution in [-0.2, 0) is 4.79 Å². The minimum atomic E-state index is 0.365. The number of anilines is 1. The van der Waals surface area contributed by atoms with Gasteiger partial charge in [-0.2, -0.15) is 5.26 Å². The Morgan fingerprint density at radius 2 is 2.44 bits per heavy atom. The van der Waals surface area contributed by atoms with Crippen LogP contribution in [0.4, 0.5) is 5.95 Å². The van der Waals surface area contributed by atoms with Gasteiger partial charge < -0.3 is 9.72 Å². The Bertz CT molecular complexity index is 582. The highest BCUT2D eigenvalue weighted by molar-refractivity contribution is 5.82. The molecule has 0 radical (unpaired) electrons. The molecule has 6 nitrogen and oxygen atoms in total. The van der Waals surface area contributed by atoms with Gasteiger partial charge in [-0.15, -0.1) is 0 Å². The third-order valence-corrected chi connectivity index (χ3v) is 2.11. The van der Waals surface area contributed by atoms with Gasteiger partial charge in [0.2, 0.25) is 5.95 Å². The molecule has 1 heterocycles. The summed E-state index contributed by atoms with van der Waals surface area (Å²) < 4.78 is 4.75. The van der Waals surface area contributed by atoms with Gasteiger partial charge in [0.25, 0.3) is 6.47 Å². The molecule has 2 aromatic rings. The first-order chi connectivity index (χ1) is 7.74. The van der Waals surface area contributed by atoms with E-state index in [4.69, 9.17) is 10.00 Å². The number of benzene rings is 1. The molecule has 16 heavy (non-hydrogen) atoms. The number of carbonyl (C=O) groups excluding carboxylic acids is 1. The minimum Gasteiger partial charge on any atom is -0.429 e. The molecule has 1 aromatic heterocycles. The van der Waals surface area contributed by atoms with Gasteiger partial charge >= 0.3 is 0 Å². The molecule has 0 aliphatic carbocycles. The van der Waals surface area contributed by atoms with E-state index in [1.165, 1.54) is 0 Å². The van der Waals surface area contributed by atoms with Crippen molar-refractivity contribution in [2.24, 2.45) is 0 Å². The van der Waals surface area contributed by atoms with Crippen molar-refractivity contribution >= 4 is 23.5 Å². The number of aromatic nitrogens is 2. The first-order valence-corrected chi connectivity index (χ1v) is 4.50. The van der Waals surface area contributed by atoms with Gasteiger partial charge in [0.05, 0.1) is 11.0 Å². The Morgan fingerprint density at radius 3 is 3.12 bits per heavy atom. The van der Waals surface area contributed by atoms with Crippen LogP contribution in [0.15, 0.2) is 12.1 Å². The summed E-state index contributed by atoms with van der Waals surface area (Å²) in [6, 6.07) is 3.35. The second kappa shape index (κ2) is 3.90. The first kappa shape index (κ1) is 9.98. The second-order valence-corrected chi connectivity index (χ2v) is 3.17. The molecule has 0 bridgehead atoms. The maximum Gasteiger partial charge on any atom is 0.298 e. The third kappa shape index (κ3) is 1.66. The molecule has 0 spiro atoms. The van der Waals surface area contributed by atoms with Crippen LogP contribution >= 0.6 is 0 Å². The van der Waals surface area contributed by atoms with Crippen molar-refractivity contribution in [3.05, 3.63) is 17.7 Å². The van der Waals surface area contributed by atoms with E-state index in [-0.39, 0.29) is 0 Å². The van der Waals surface area contributed by atoms with Crippen LogP contribution in [0, 0.1) is 18.4 Å². The lowest BCUT2D eigenvalue weighted by Gasteiger charge is -1.99. The highest BCUT2D eigenvalue weighted by Crippen LogP contribution is 2.24. The molecule has 0 fully saturated rings. The molecule has 1 aromatic carbocycles. The fraction of sp³-hybridized carbons (Fsp3) is 0.100. The fourth-order valence-corrected chi connectivity index (χ4v) is 1.49. The average molecular weight is 216 g/mol. The number of imidazole rings is 1. The summed E-state index contributed by atoms with van der Waals surface area (Å²) in [6.07, 6.45) is 1.77. The Hall–Kier alpha value is -2.55. The maximum atomic E-state index is 10.2. The zero-order valence-corrected chi connectivity index (χ0v) is 8.44. The van der Waals surface area contributed by atoms with Crippen LogP contribution in [0.3, 0.4) is 0 Å². The lowest BCUT2D eigenvalue weighted by molar-refractivity contribution is -0.120. The molecule has 0 saturated heterocycles. The van der Waals surface area contributed by atoms with E-state index in [1.54, 1.807) is 18.3 Å². The van der Waals surface area contributed by atoms with Crippen molar-refractivity contribution in [2.45, 2.75) is 6.92 Å². The molecule has 0 atom stereocenters. The summed E-state index contributed by atoms with van der Waals surface area (Å²) in [6.45, 7) is 2.21. The number of aryl methyl sites for hydroxylation is 1. The van der Waals surface area contributed by atoms with Crippen molar-refractivity contribution in [3.8, 4) is 11.9 Å². The van der Waals surface area contributed by atoms with Crippen LogP contribution in [0.1, 0.15) is 5.56 Å². The van der Waals surface area contributed by atoms with Gasteiger partial charge in [-0.05, 0) is 18.6 Å². The normalized spacial score (nSPS) is 9.75.